The number of ether oxygens (including phenoxy) is 1. The number of nitrogens with zero attached hydrogens (tertiary/aromatic N) is 4. The Morgan fingerprint density at radius 1 is 0.984 bits per heavy atom. The molecule has 0 radical (unpaired) electrons. The second-order valence-electron chi connectivity index (χ2n) is 18.7. The van der Waals surface area contributed by atoms with Gasteiger partial charge in [0.2, 0.25) is 27.8 Å². The molecule has 4 aliphatic rings. The minimum Gasteiger partial charge on any atom is -0.490 e. The molecule has 2 saturated carbocycles. The Bertz CT molecular complexity index is 2320. The number of hydrogen-bond acceptors (Lipinski definition) is 11. The maximum Gasteiger partial charge on any atom is 0.234 e. The summed E-state index contributed by atoms with van der Waals surface area (Å²) in [6.45, 7) is 11.3. The standard InChI is InChI=1S/C46H58FN7O5S2/c1-5-25-61(57,58)53-36-8-6-7-35(39(36)47)40-41(60-43(52-40)45(2,3)4)37-19-22-48-44(50-37)49-31-26-46(27-31)20-23-54(24-21-46)28-29-9-13-32(14-10-29)59-33-15-11-30(12-16-33)34-17-18-38(55)51-42(34)56/h6-8,11-12,15-16,19,22,29,31-32,34,53H,5,9-10,13-14,17-18,20-21,23-28H2,1-4H3,(H,48,49,50)(H,51,55,56). The Morgan fingerprint density at radius 2 is 1.72 bits per heavy atom. The number of carbonyl (C=O) groups excluding carboxylic acids is 2. The van der Waals surface area contributed by atoms with E-state index in [1.807, 2.05) is 30.3 Å². The first-order chi connectivity index (χ1) is 29.2. The summed E-state index contributed by atoms with van der Waals surface area (Å²) in [4.78, 5) is 41.6. The van der Waals surface area contributed by atoms with Crippen LogP contribution >= 0.6 is 11.3 Å². The fourth-order valence-electron chi connectivity index (χ4n) is 9.50. The van der Waals surface area contributed by atoms with E-state index < -0.39 is 15.8 Å². The summed E-state index contributed by atoms with van der Waals surface area (Å²) < 4.78 is 49.9. The molecule has 4 aromatic rings. The summed E-state index contributed by atoms with van der Waals surface area (Å²) in [5.74, 6) is 0.600. The minimum atomic E-state index is -3.69. The predicted molar refractivity (Wildman–Crippen MR) is 238 cm³/mol. The van der Waals surface area contributed by atoms with Crippen molar-refractivity contribution in [2.45, 2.75) is 122 Å². The third-order valence-electron chi connectivity index (χ3n) is 12.9. The number of sulfonamides is 1. The lowest BCUT2D eigenvalue weighted by atomic mass is 9.60. The summed E-state index contributed by atoms with van der Waals surface area (Å²) in [5, 5.41) is 6.86. The summed E-state index contributed by atoms with van der Waals surface area (Å²) >= 11 is 1.47. The van der Waals surface area contributed by atoms with Crippen LogP contribution in [0.25, 0.3) is 21.8 Å². The van der Waals surface area contributed by atoms with E-state index in [0.29, 0.717) is 52.8 Å². The average molecular weight is 872 g/mol. The van der Waals surface area contributed by atoms with E-state index in [2.05, 4.69) is 46.0 Å². The number of imide groups is 1. The van der Waals surface area contributed by atoms with Gasteiger partial charge in [-0.05, 0) is 125 Å². The number of carbonyl (C=O) groups is 2. The van der Waals surface area contributed by atoms with E-state index in [9.17, 15) is 18.0 Å². The topological polar surface area (TPSA) is 156 Å². The van der Waals surface area contributed by atoms with Gasteiger partial charge >= 0.3 is 0 Å². The lowest BCUT2D eigenvalue weighted by molar-refractivity contribution is -0.134. The second-order valence-corrected chi connectivity index (χ2v) is 21.5. The van der Waals surface area contributed by atoms with Crippen molar-refractivity contribution in [2.24, 2.45) is 11.3 Å². The van der Waals surface area contributed by atoms with Gasteiger partial charge in [-0.15, -0.1) is 11.3 Å². The van der Waals surface area contributed by atoms with Crippen molar-refractivity contribution in [3.05, 3.63) is 71.1 Å². The van der Waals surface area contributed by atoms with E-state index in [0.717, 1.165) is 74.5 Å². The lowest BCUT2D eigenvalue weighted by Gasteiger charge is -2.52. The van der Waals surface area contributed by atoms with Crippen molar-refractivity contribution in [2.75, 3.05) is 35.4 Å². The number of halogens is 1. The van der Waals surface area contributed by atoms with Crippen LogP contribution < -0.4 is 20.1 Å². The van der Waals surface area contributed by atoms with Crippen LogP contribution in [0, 0.1) is 17.2 Å². The maximum atomic E-state index is 16.1. The number of piperidine rings is 2. The molecule has 4 fully saturated rings. The Kier molecular flexibility index (Phi) is 12.5. The molecule has 2 aromatic heterocycles. The molecule has 2 aromatic carbocycles. The SMILES string of the molecule is CCCS(=O)(=O)Nc1cccc(-c2nc(C(C)(C)C)sc2-c2ccnc(NC3CC4(CCN(CC5CCC(Oc6ccc(C7CCC(=O)NC7=O)cc6)CC5)CC4)C3)n2)c1F. The lowest BCUT2D eigenvalue weighted by Crippen LogP contribution is -2.52. The van der Waals surface area contributed by atoms with Crippen LogP contribution in [0.15, 0.2) is 54.7 Å². The van der Waals surface area contributed by atoms with Gasteiger partial charge in [-0.3, -0.25) is 19.6 Å². The normalized spacial score (nSPS) is 22.4. The van der Waals surface area contributed by atoms with Crippen LogP contribution in [0.4, 0.5) is 16.0 Å². The molecule has 12 nitrogen and oxygen atoms in total. The number of nitrogens with one attached hydrogen (secondary N) is 3. The Hall–Kier alpha value is -4.47. The summed E-state index contributed by atoms with van der Waals surface area (Å²) in [6.07, 6.45) is 12.2. The van der Waals surface area contributed by atoms with Crippen molar-refractivity contribution in [3.8, 4) is 27.6 Å². The van der Waals surface area contributed by atoms with Crippen molar-refractivity contribution in [1.82, 2.24) is 25.2 Å². The quantitative estimate of drug-likeness (QED) is 0.111. The predicted octanol–water partition coefficient (Wildman–Crippen LogP) is 8.67. The molecule has 326 valence electrons. The second kappa shape index (κ2) is 17.7. The van der Waals surface area contributed by atoms with E-state index >= 15 is 4.39 Å². The van der Waals surface area contributed by atoms with Crippen molar-refractivity contribution in [3.63, 3.8) is 0 Å². The highest BCUT2D eigenvalue weighted by Crippen LogP contribution is 2.50. The zero-order valence-electron chi connectivity index (χ0n) is 35.6. The molecule has 61 heavy (non-hydrogen) atoms. The molecule has 2 aliphatic carbocycles. The number of rotatable bonds is 13. The highest BCUT2D eigenvalue weighted by atomic mass is 32.2. The first-order valence-corrected chi connectivity index (χ1v) is 24.4. The maximum absolute atomic E-state index is 16.1. The van der Waals surface area contributed by atoms with Crippen LogP contribution in [-0.2, 0) is 25.0 Å². The molecule has 8 rings (SSSR count). The molecular formula is C46H58FN7O5S2. The zero-order valence-corrected chi connectivity index (χ0v) is 37.3. The third kappa shape index (κ3) is 10.1. The van der Waals surface area contributed by atoms with Crippen LogP contribution in [0.5, 0.6) is 5.75 Å². The van der Waals surface area contributed by atoms with Crippen molar-refractivity contribution in [1.29, 1.82) is 0 Å². The van der Waals surface area contributed by atoms with E-state index in [4.69, 9.17) is 14.7 Å². The molecule has 1 unspecified atom stereocenters. The van der Waals surface area contributed by atoms with Gasteiger partial charge in [-0.1, -0.05) is 45.9 Å². The molecule has 3 N–H and O–H groups in total. The van der Waals surface area contributed by atoms with E-state index in [1.54, 1.807) is 25.3 Å². The molecule has 2 saturated heterocycles. The molecular weight excluding hydrogens is 814 g/mol. The van der Waals surface area contributed by atoms with Gasteiger partial charge in [0.1, 0.15) is 5.75 Å². The third-order valence-corrected chi connectivity index (χ3v) is 15.9. The fraction of sp³-hybridized carbons (Fsp3) is 0.543. The van der Waals surface area contributed by atoms with Crippen LogP contribution in [0.1, 0.15) is 115 Å². The summed E-state index contributed by atoms with van der Waals surface area (Å²) in [6, 6.07) is 14.6. The number of thiazole rings is 1. The molecule has 15 heteroatoms. The number of amides is 2. The molecule has 1 spiro atoms. The molecule has 2 amide bonds. The van der Waals surface area contributed by atoms with Gasteiger partial charge in [0.05, 0.1) is 44.7 Å². The largest absolute Gasteiger partial charge is 0.490 e. The summed E-state index contributed by atoms with van der Waals surface area (Å²) in [5.41, 5.74) is 2.16. The van der Waals surface area contributed by atoms with Gasteiger partial charge in [0.25, 0.3) is 0 Å². The highest BCUT2D eigenvalue weighted by Gasteiger charge is 2.46. The summed E-state index contributed by atoms with van der Waals surface area (Å²) in [7, 11) is -3.69. The minimum absolute atomic E-state index is 0.0968. The Morgan fingerprint density at radius 3 is 2.41 bits per heavy atom. The number of benzene rings is 2. The van der Waals surface area contributed by atoms with E-state index in [-0.39, 0.29) is 52.3 Å². The van der Waals surface area contributed by atoms with E-state index in [1.165, 1.54) is 30.2 Å². The molecule has 2 aliphatic heterocycles. The van der Waals surface area contributed by atoms with Gasteiger partial charge in [-0.2, -0.15) is 0 Å². The Labute approximate surface area is 363 Å². The van der Waals surface area contributed by atoms with Gasteiger partial charge in [0.15, 0.2) is 5.82 Å². The zero-order chi connectivity index (χ0) is 42.9. The smallest absolute Gasteiger partial charge is 0.234 e. The molecule has 1 atom stereocenters. The fourth-order valence-corrected chi connectivity index (χ4v) is 11.7. The first-order valence-electron chi connectivity index (χ1n) is 21.9. The van der Waals surface area contributed by atoms with Gasteiger partial charge in [0, 0.05) is 36.2 Å². The Balaban J connectivity index is 0.820. The average Bonchev–Trinajstić information content (AvgIpc) is 3.67. The van der Waals surface area contributed by atoms with Gasteiger partial charge in [-0.25, -0.2) is 27.8 Å². The van der Waals surface area contributed by atoms with Crippen LogP contribution in [-0.4, -0.2) is 77.6 Å². The molecule has 0 bridgehead atoms. The monoisotopic (exact) mass is 871 g/mol. The number of anilines is 2. The van der Waals surface area contributed by atoms with Crippen molar-refractivity contribution >= 4 is 44.8 Å². The highest BCUT2D eigenvalue weighted by molar-refractivity contribution is 7.92. The number of likely N-dealkylation sites (tertiary alicyclic amines) is 1. The van der Waals surface area contributed by atoms with Gasteiger partial charge < -0.3 is 15.0 Å². The van der Waals surface area contributed by atoms with Crippen LogP contribution in [0.2, 0.25) is 0 Å². The number of aromatic nitrogens is 3. The first kappa shape index (κ1) is 43.2. The van der Waals surface area contributed by atoms with Crippen LogP contribution in [0.3, 0.4) is 0 Å². The molecule has 4 heterocycles. The van der Waals surface area contributed by atoms with Crippen molar-refractivity contribution < 1.29 is 27.1 Å². The number of hydrogen-bond donors (Lipinski definition) is 3.